The summed E-state index contributed by atoms with van der Waals surface area (Å²) in [4.78, 5) is 0. The van der Waals surface area contributed by atoms with E-state index >= 15 is 0 Å². The van der Waals surface area contributed by atoms with Gasteiger partial charge in [-0.15, -0.1) is 0 Å². The lowest BCUT2D eigenvalue weighted by molar-refractivity contribution is -0.0509. The molecule has 2 rings (SSSR count). The van der Waals surface area contributed by atoms with Crippen molar-refractivity contribution in [1.29, 1.82) is 0 Å². The number of rotatable bonds is 3. The fourth-order valence-corrected chi connectivity index (χ4v) is 2.42. The first kappa shape index (κ1) is 14.7. The number of methoxy groups -OCH3 is 1. The van der Waals surface area contributed by atoms with Crippen LogP contribution in [0.2, 0.25) is 0 Å². The van der Waals surface area contributed by atoms with Gasteiger partial charge < -0.3 is 8.92 Å². The maximum absolute atomic E-state index is 12.4. The number of ether oxygens (including phenoxy) is 1. The van der Waals surface area contributed by atoms with Crippen molar-refractivity contribution in [2.24, 2.45) is 0 Å². The van der Waals surface area contributed by atoms with Crippen LogP contribution in [0, 0.1) is 0 Å². The van der Waals surface area contributed by atoms with Crippen molar-refractivity contribution in [2.75, 3.05) is 7.11 Å². The molecule has 0 aliphatic heterocycles. The predicted molar refractivity (Wildman–Crippen MR) is 65.4 cm³/mol. The van der Waals surface area contributed by atoms with Gasteiger partial charge in [0, 0.05) is 0 Å². The number of allylic oxidation sites excluding steroid dienone is 1. The minimum atomic E-state index is -5.69. The van der Waals surface area contributed by atoms with Gasteiger partial charge in [-0.2, -0.15) is 21.6 Å². The molecule has 0 N–H and O–H groups in total. The summed E-state index contributed by atoms with van der Waals surface area (Å²) in [5.41, 5.74) is -4.54. The second-order valence-electron chi connectivity index (χ2n) is 4.08. The highest BCUT2D eigenvalue weighted by Crippen LogP contribution is 2.38. The molecule has 0 atom stereocenters. The van der Waals surface area contributed by atoms with Crippen molar-refractivity contribution >= 4 is 15.9 Å². The Bertz CT molecular complexity index is 647. The zero-order valence-corrected chi connectivity index (χ0v) is 11.2. The molecule has 0 amide bonds. The third-order valence-electron chi connectivity index (χ3n) is 2.81. The van der Waals surface area contributed by atoms with Gasteiger partial charge in [0.2, 0.25) is 0 Å². The van der Waals surface area contributed by atoms with E-state index in [0.717, 1.165) is 0 Å². The van der Waals surface area contributed by atoms with Gasteiger partial charge in [0.05, 0.1) is 12.7 Å². The fraction of sp³-hybridized carbons (Fsp3) is 0.333. The third kappa shape index (κ3) is 2.60. The van der Waals surface area contributed by atoms with Gasteiger partial charge in [-0.3, -0.25) is 0 Å². The summed E-state index contributed by atoms with van der Waals surface area (Å²) in [5.74, 6) is -0.0770. The average molecular weight is 308 g/mol. The van der Waals surface area contributed by atoms with Gasteiger partial charge in [-0.1, -0.05) is 12.1 Å². The van der Waals surface area contributed by atoms with Crippen LogP contribution >= 0.6 is 0 Å². The molecule has 1 aliphatic rings. The second kappa shape index (κ2) is 5.01. The summed E-state index contributed by atoms with van der Waals surface area (Å²) in [6, 6.07) is 4.90. The Hall–Kier alpha value is -1.70. The largest absolute Gasteiger partial charge is 0.534 e. The summed E-state index contributed by atoms with van der Waals surface area (Å²) in [5, 5.41) is 0. The normalized spacial score (nSPS) is 15.3. The molecule has 0 radical (unpaired) electrons. The molecule has 0 spiro atoms. The number of aryl methyl sites for hydroxylation is 1. The van der Waals surface area contributed by atoms with Crippen molar-refractivity contribution in [2.45, 2.75) is 18.3 Å². The Labute approximate surface area is 113 Å². The fourth-order valence-electron chi connectivity index (χ4n) is 1.94. The van der Waals surface area contributed by atoms with Crippen LogP contribution in [0.3, 0.4) is 0 Å². The zero-order chi connectivity index (χ0) is 15.0. The summed E-state index contributed by atoms with van der Waals surface area (Å²) in [7, 11) is -4.34. The number of alkyl halides is 3. The van der Waals surface area contributed by atoms with E-state index in [1.54, 1.807) is 12.1 Å². The van der Waals surface area contributed by atoms with Crippen molar-refractivity contribution in [1.82, 2.24) is 0 Å². The maximum Gasteiger partial charge on any atom is 0.534 e. The molecule has 0 saturated carbocycles. The first-order valence-electron chi connectivity index (χ1n) is 5.63. The first-order valence-corrected chi connectivity index (χ1v) is 7.04. The molecule has 0 saturated heterocycles. The minimum Gasteiger partial charge on any atom is -0.496 e. The highest BCUT2D eigenvalue weighted by Gasteiger charge is 2.49. The Morgan fingerprint density at radius 3 is 2.55 bits per heavy atom. The molecule has 0 fully saturated rings. The number of fused-ring (bicyclic) bond motifs is 1. The SMILES string of the molecule is COc1cccc2c1C(OS(=O)(=O)C(F)(F)F)=CCC2. The molecule has 1 aliphatic carbocycles. The van der Waals surface area contributed by atoms with Crippen LogP contribution in [0.15, 0.2) is 24.3 Å². The Kier molecular flexibility index (Phi) is 3.68. The van der Waals surface area contributed by atoms with Crippen LogP contribution in [-0.4, -0.2) is 21.0 Å². The lowest BCUT2D eigenvalue weighted by Crippen LogP contribution is -2.25. The van der Waals surface area contributed by atoms with Crippen LogP contribution in [0.5, 0.6) is 5.75 Å². The standard InChI is InChI=1S/C12H11F3O4S/c1-18-9-6-2-4-8-5-3-7-10(11(8)9)19-20(16,17)12(13,14)15/h2,4,6-7H,3,5H2,1H3. The molecular formula is C12H11F3O4S. The van der Waals surface area contributed by atoms with Gasteiger partial charge in [0.1, 0.15) is 11.5 Å². The molecule has 1 aromatic rings. The van der Waals surface area contributed by atoms with Crippen LogP contribution < -0.4 is 4.74 Å². The van der Waals surface area contributed by atoms with Crippen molar-refractivity contribution in [3.63, 3.8) is 0 Å². The molecule has 0 unspecified atom stereocenters. The summed E-state index contributed by atoms with van der Waals surface area (Å²) in [6.45, 7) is 0. The van der Waals surface area contributed by atoms with Crippen LogP contribution in [0.4, 0.5) is 13.2 Å². The van der Waals surface area contributed by atoms with E-state index in [2.05, 4.69) is 4.18 Å². The molecule has 1 aromatic carbocycles. The smallest absolute Gasteiger partial charge is 0.496 e. The molecular weight excluding hydrogens is 297 g/mol. The zero-order valence-electron chi connectivity index (χ0n) is 10.4. The Morgan fingerprint density at radius 1 is 1.25 bits per heavy atom. The lowest BCUT2D eigenvalue weighted by atomic mass is 9.95. The summed E-state index contributed by atoms with van der Waals surface area (Å²) < 4.78 is 68.6. The average Bonchev–Trinajstić information content (AvgIpc) is 2.36. The lowest BCUT2D eigenvalue weighted by Gasteiger charge is -2.20. The minimum absolute atomic E-state index is 0.245. The molecule has 0 heterocycles. The van der Waals surface area contributed by atoms with Gasteiger partial charge in [0.15, 0.2) is 0 Å². The van der Waals surface area contributed by atoms with E-state index in [0.29, 0.717) is 18.4 Å². The number of halogens is 3. The highest BCUT2D eigenvalue weighted by molar-refractivity contribution is 7.87. The van der Waals surface area contributed by atoms with E-state index in [-0.39, 0.29) is 17.1 Å². The van der Waals surface area contributed by atoms with E-state index in [1.807, 2.05) is 0 Å². The van der Waals surface area contributed by atoms with Crippen LogP contribution in [0.25, 0.3) is 5.76 Å². The molecule has 4 nitrogen and oxygen atoms in total. The van der Waals surface area contributed by atoms with Gasteiger partial charge in [-0.05, 0) is 30.5 Å². The molecule has 0 bridgehead atoms. The van der Waals surface area contributed by atoms with Gasteiger partial charge in [0.25, 0.3) is 0 Å². The van der Waals surface area contributed by atoms with Crippen molar-refractivity contribution in [3.05, 3.63) is 35.4 Å². The Balaban J connectivity index is 2.45. The molecule has 8 heteroatoms. The Morgan fingerprint density at radius 2 is 1.95 bits per heavy atom. The monoisotopic (exact) mass is 308 g/mol. The van der Waals surface area contributed by atoms with Gasteiger partial charge >= 0.3 is 15.6 Å². The van der Waals surface area contributed by atoms with E-state index in [1.165, 1.54) is 19.3 Å². The van der Waals surface area contributed by atoms with Crippen molar-refractivity contribution < 1.29 is 30.5 Å². The first-order chi connectivity index (χ1) is 9.26. The van der Waals surface area contributed by atoms with Crippen LogP contribution in [-0.2, 0) is 20.7 Å². The predicted octanol–water partition coefficient (Wildman–Crippen LogP) is 2.85. The number of hydrogen-bond donors (Lipinski definition) is 0. The molecule has 0 aromatic heterocycles. The second-order valence-corrected chi connectivity index (χ2v) is 5.62. The van der Waals surface area contributed by atoms with Gasteiger partial charge in [-0.25, -0.2) is 0 Å². The highest BCUT2D eigenvalue weighted by atomic mass is 32.2. The summed E-state index contributed by atoms with van der Waals surface area (Å²) >= 11 is 0. The van der Waals surface area contributed by atoms with E-state index in [4.69, 9.17) is 4.74 Å². The van der Waals surface area contributed by atoms with E-state index in [9.17, 15) is 21.6 Å². The molecule has 20 heavy (non-hydrogen) atoms. The van der Waals surface area contributed by atoms with Crippen molar-refractivity contribution in [3.8, 4) is 5.75 Å². The van der Waals surface area contributed by atoms with Crippen LogP contribution in [0.1, 0.15) is 17.5 Å². The quantitative estimate of drug-likeness (QED) is 0.636. The van der Waals surface area contributed by atoms with E-state index < -0.39 is 15.6 Å². The molecule has 110 valence electrons. The number of hydrogen-bond acceptors (Lipinski definition) is 4. The summed E-state index contributed by atoms with van der Waals surface area (Å²) in [6.07, 6.45) is 2.28. The maximum atomic E-state index is 12.4. The number of benzene rings is 1. The third-order valence-corrected chi connectivity index (χ3v) is 3.77. The topological polar surface area (TPSA) is 52.6 Å².